The van der Waals surface area contributed by atoms with Crippen LogP contribution >= 0.6 is 11.8 Å². The first-order valence-electron chi connectivity index (χ1n) is 8.88. The van der Waals surface area contributed by atoms with E-state index in [4.69, 9.17) is 4.74 Å². The quantitative estimate of drug-likeness (QED) is 0.716. The standard InChI is InChI=1S/C20H19F3N2O3S/c1-28-15-8-6-14(7-9-15)24-18(26)17-3-2-12-25(17)19(27)13-4-10-16(11-5-13)29-20(21,22)23/h4-11,17H,2-3,12H2,1H3,(H,24,26). The molecule has 0 spiro atoms. The first kappa shape index (κ1) is 21.0. The SMILES string of the molecule is COc1ccc(NC(=O)C2CCCN2C(=O)c2ccc(SC(F)(F)F)cc2)cc1. The van der Waals surface area contributed by atoms with Crippen LogP contribution in [0.2, 0.25) is 0 Å². The summed E-state index contributed by atoms with van der Waals surface area (Å²) in [6.07, 6.45) is 1.20. The molecule has 1 heterocycles. The Balaban J connectivity index is 1.67. The molecular weight excluding hydrogens is 405 g/mol. The van der Waals surface area contributed by atoms with Gasteiger partial charge in [0.15, 0.2) is 0 Å². The number of thioether (sulfide) groups is 1. The van der Waals surface area contributed by atoms with E-state index in [1.54, 1.807) is 31.4 Å². The number of anilines is 1. The molecule has 2 aromatic rings. The van der Waals surface area contributed by atoms with Crippen molar-refractivity contribution in [2.45, 2.75) is 29.3 Å². The fourth-order valence-corrected chi connectivity index (χ4v) is 3.69. The first-order chi connectivity index (χ1) is 13.8. The van der Waals surface area contributed by atoms with Gasteiger partial charge in [0.1, 0.15) is 11.8 Å². The number of carbonyl (C=O) groups is 2. The molecule has 2 amide bonds. The van der Waals surface area contributed by atoms with Crippen LogP contribution in [0, 0.1) is 0 Å². The first-order valence-corrected chi connectivity index (χ1v) is 9.70. The molecule has 0 aliphatic carbocycles. The predicted molar refractivity (Wildman–Crippen MR) is 104 cm³/mol. The van der Waals surface area contributed by atoms with Crippen LogP contribution in [0.4, 0.5) is 18.9 Å². The minimum absolute atomic E-state index is 0.00395. The predicted octanol–water partition coefficient (Wildman–Crippen LogP) is 4.55. The third-order valence-electron chi connectivity index (χ3n) is 4.51. The summed E-state index contributed by atoms with van der Waals surface area (Å²) in [6, 6.07) is 11.4. The minimum atomic E-state index is -4.38. The van der Waals surface area contributed by atoms with Crippen LogP contribution in [-0.4, -0.2) is 41.9 Å². The number of ether oxygens (including phenoxy) is 1. The molecule has 1 fully saturated rings. The van der Waals surface area contributed by atoms with Gasteiger partial charge in [0.2, 0.25) is 5.91 Å². The van der Waals surface area contributed by atoms with Crippen molar-refractivity contribution >= 4 is 29.3 Å². The van der Waals surface area contributed by atoms with Crippen LogP contribution in [0.1, 0.15) is 23.2 Å². The van der Waals surface area contributed by atoms with Crippen molar-refractivity contribution in [2.75, 3.05) is 19.0 Å². The van der Waals surface area contributed by atoms with Crippen molar-refractivity contribution in [2.24, 2.45) is 0 Å². The van der Waals surface area contributed by atoms with Gasteiger partial charge in [-0.05, 0) is 73.1 Å². The number of nitrogens with one attached hydrogen (secondary N) is 1. The average molecular weight is 424 g/mol. The van der Waals surface area contributed by atoms with E-state index in [2.05, 4.69) is 5.32 Å². The molecule has 2 aromatic carbocycles. The van der Waals surface area contributed by atoms with Crippen LogP contribution in [-0.2, 0) is 4.79 Å². The largest absolute Gasteiger partial charge is 0.497 e. The van der Waals surface area contributed by atoms with E-state index in [-0.39, 0.29) is 34.0 Å². The molecule has 0 radical (unpaired) electrons. The van der Waals surface area contributed by atoms with E-state index in [1.807, 2.05) is 0 Å². The zero-order valence-corrected chi connectivity index (χ0v) is 16.3. The fourth-order valence-electron chi connectivity index (χ4n) is 3.15. The fraction of sp³-hybridized carbons (Fsp3) is 0.300. The van der Waals surface area contributed by atoms with Gasteiger partial charge in [-0.3, -0.25) is 9.59 Å². The van der Waals surface area contributed by atoms with Gasteiger partial charge in [0.25, 0.3) is 5.91 Å². The average Bonchev–Trinajstić information content (AvgIpc) is 3.17. The van der Waals surface area contributed by atoms with Gasteiger partial charge in [0, 0.05) is 22.7 Å². The lowest BCUT2D eigenvalue weighted by molar-refractivity contribution is -0.119. The van der Waals surface area contributed by atoms with Crippen molar-refractivity contribution in [3.63, 3.8) is 0 Å². The summed E-state index contributed by atoms with van der Waals surface area (Å²) >= 11 is -0.235. The Hall–Kier alpha value is -2.68. The number of hydrogen-bond acceptors (Lipinski definition) is 4. The lowest BCUT2D eigenvalue weighted by Gasteiger charge is -2.24. The van der Waals surface area contributed by atoms with E-state index in [9.17, 15) is 22.8 Å². The molecule has 1 aliphatic rings. The van der Waals surface area contributed by atoms with Crippen molar-refractivity contribution < 1.29 is 27.5 Å². The summed E-state index contributed by atoms with van der Waals surface area (Å²) < 4.78 is 42.4. The van der Waals surface area contributed by atoms with Crippen LogP contribution in [0.15, 0.2) is 53.4 Å². The third kappa shape index (κ3) is 5.44. The molecule has 1 saturated heterocycles. The number of carbonyl (C=O) groups excluding carboxylic acids is 2. The van der Waals surface area contributed by atoms with Crippen LogP contribution in [0.3, 0.4) is 0 Å². The lowest BCUT2D eigenvalue weighted by atomic mass is 10.1. The molecule has 29 heavy (non-hydrogen) atoms. The Morgan fingerprint density at radius 1 is 1.10 bits per heavy atom. The maximum Gasteiger partial charge on any atom is 0.446 e. The molecule has 5 nitrogen and oxygen atoms in total. The Morgan fingerprint density at radius 3 is 2.34 bits per heavy atom. The second-order valence-corrected chi connectivity index (χ2v) is 7.58. The van der Waals surface area contributed by atoms with Crippen molar-refractivity contribution in [1.82, 2.24) is 4.90 Å². The monoisotopic (exact) mass is 424 g/mol. The molecule has 0 bridgehead atoms. The third-order valence-corrected chi connectivity index (χ3v) is 5.25. The minimum Gasteiger partial charge on any atom is -0.497 e. The molecule has 1 unspecified atom stereocenters. The highest BCUT2D eigenvalue weighted by Gasteiger charge is 2.35. The number of amides is 2. The molecule has 154 valence electrons. The number of methoxy groups -OCH3 is 1. The van der Waals surface area contributed by atoms with E-state index in [0.717, 1.165) is 0 Å². The van der Waals surface area contributed by atoms with E-state index in [0.29, 0.717) is 30.8 Å². The van der Waals surface area contributed by atoms with Gasteiger partial charge in [-0.2, -0.15) is 13.2 Å². The number of likely N-dealkylation sites (tertiary alicyclic amines) is 1. The zero-order chi connectivity index (χ0) is 21.0. The summed E-state index contributed by atoms with van der Waals surface area (Å²) in [5.74, 6) is -0.0148. The van der Waals surface area contributed by atoms with Gasteiger partial charge in [-0.25, -0.2) is 0 Å². The maximum absolute atomic E-state index is 12.8. The summed E-state index contributed by atoms with van der Waals surface area (Å²) in [7, 11) is 1.55. The smallest absolute Gasteiger partial charge is 0.446 e. The van der Waals surface area contributed by atoms with E-state index >= 15 is 0 Å². The van der Waals surface area contributed by atoms with Gasteiger partial charge in [-0.1, -0.05) is 0 Å². The van der Waals surface area contributed by atoms with Crippen LogP contribution in [0.5, 0.6) is 5.75 Å². The zero-order valence-electron chi connectivity index (χ0n) is 15.5. The Morgan fingerprint density at radius 2 is 1.76 bits per heavy atom. The molecule has 0 aromatic heterocycles. The molecule has 9 heteroatoms. The molecule has 0 saturated carbocycles. The number of hydrogen-bond donors (Lipinski definition) is 1. The Labute approximate surface area is 170 Å². The summed E-state index contributed by atoms with van der Waals surface area (Å²) in [5, 5.41) is 2.79. The maximum atomic E-state index is 12.8. The van der Waals surface area contributed by atoms with Gasteiger partial charge >= 0.3 is 5.51 Å². The molecule has 1 atom stereocenters. The summed E-state index contributed by atoms with van der Waals surface area (Å²) in [5.41, 5.74) is -3.55. The van der Waals surface area contributed by atoms with E-state index < -0.39 is 11.6 Å². The van der Waals surface area contributed by atoms with Gasteiger partial charge < -0.3 is 15.0 Å². The number of rotatable bonds is 5. The molecule has 1 N–H and O–H groups in total. The Kier molecular flexibility index (Phi) is 6.36. The molecule has 3 rings (SSSR count). The van der Waals surface area contributed by atoms with Gasteiger partial charge in [-0.15, -0.1) is 0 Å². The van der Waals surface area contributed by atoms with Crippen LogP contribution in [0.25, 0.3) is 0 Å². The van der Waals surface area contributed by atoms with Crippen molar-refractivity contribution in [3.8, 4) is 5.75 Å². The highest BCUT2D eigenvalue weighted by Crippen LogP contribution is 2.36. The number of benzene rings is 2. The number of halogens is 3. The highest BCUT2D eigenvalue weighted by molar-refractivity contribution is 8.00. The number of nitrogens with zero attached hydrogens (tertiary/aromatic N) is 1. The van der Waals surface area contributed by atoms with Crippen molar-refractivity contribution in [3.05, 3.63) is 54.1 Å². The number of alkyl halides is 3. The molecular formula is C20H19F3N2O3S. The second-order valence-electron chi connectivity index (χ2n) is 6.45. The van der Waals surface area contributed by atoms with E-state index in [1.165, 1.54) is 29.2 Å². The van der Waals surface area contributed by atoms with Crippen LogP contribution < -0.4 is 10.1 Å². The summed E-state index contributed by atoms with van der Waals surface area (Å²) in [4.78, 5) is 26.9. The molecule has 1 aliphatic heterocycles. The van der Waals surface area contributed by atoms with Crippen molar-refractivity contribution in [1.29, 1.82) is 0 Å². The van der Waals surface area contributed by atoms with Gasteiger partial charge in [0.05, 0.1) is 7.11 Å². The topological polar surface area (TPSA) is 58.6 Å². The normalized spacial score (nSPS) is 16.6. The summed E-state index contributed by atoms with van der Waals surface area (Å²) in [6.45, 7) is 0.415. The Bertz CT molecular complexity index is 870. The lowest BCUT2D eigenvalue weighted by Crippen LogP contribution is -2.43. The second kappa shape index (κ2) is 8.77. The highest BCUT2D eigenvalue weighted by atomic mass is 32.2.